The van der Waals surface area contributed by atoms with Gasteiger partial charge < -0.3 is 33.9 Å². The Bertz CT molecular complexity index is 1340. The smallest absolute Gasteiger partial charge is 0.410 e. The van der Waals surface area contributed by atoms with Gasteiger partial charge in [0.25, 0.3) is 0 Å². The summed E-state index contributed by atoms with van der Waals surface area (Å²) in [5.41, 5.74) is 5.80. The molecule has 0 bridgehead atoms. The zero-order valence-electron chi connectivity index (χ0n) is 33.4. The molecule has 0 aliphatic carbocycles. The van der Waals surface area contributed by atoms with E-state index >= 15 is 0 Å². The van der Waals surface area contributed by atoms with Crippen LogP contribution in [0.2, 0.25) is 0 Å². The Labute approximate surface area is 317 Å². The van der Waals surface area contributed by atoms with E-state index < -0.39 is 71.1 Å². The number of rotatable bonds is 13. The highest BCUT2D eigenvalue weighted by Gasteiger charge is 2.59. The standard InChI is InChI=1S/C37H63N6O9P/c1-12-16-37(48-11)20-22(3)21-39-26(7)31-36(8,52-35(46)43(31)18-15-14-17-40-41-38)28(13-2)50-33(45)25(6)29(44)24(5)32(37)51-34-30(53-47)27(42(9)10)19-23(4)49-34/h12,22-28,30-32,34,39H,1,13-21H2,2-11H3/t22-,23?,24-,25-,26-,27?,28-,30?,31-,32-,34+,36-,37-/m1/s1. The molecule has 0 saturated carbocycles. The fourth-order valence-corrected chi connectivity index (χ4v) is 9.39. The van der Waals surface area contributed by atoms with Gasteiger partial charge in [0.2, 0.25) is 0 Å². The molecule has 3 fully saturated rings. The molecule has 1 amide bonds. The molecule has 3 aliphatic rings. The molecule has 3 heterocycles. The third kappa shape index (κ3) is 10.2. The number of hydrogen-bond acceptors (Lipinski definition) is 12. The number of esters is 1. The molecule has 0 aromatic carbocycles. The molecule has 13 atom stereocenters. The first-order valence-corrected chi connectivity index (χ1v) is 19.9. The van der Waals surface area contributed by atoms with Crippen molar-refractivity contribution in [3.8, 4) is 0 Å². The first-order valence-electron chi connectivity index (χ1n) is 19.0. The third-order valence-corrected chi connectivity index (χ3v) is 12.3. The Morgan fingerprint density at radius 2 is 1.89 bits per heavy atom. The van der Waals surface area contributed by atoms with Gasteiger partial charge >= 0.3 is 12.1 Å². The highest BCUT2D eigenvalue weighted by molar-refractivity contribution is 7.25. The molecule has 1 N–H and O–H groups in total. The lowest BCUT2D eigenvalue weighted by Crippen LogP contribution is -2.61. The largest absolute Gasteiger partial charge is 0.458 e. The molecule has 15 nitrogen and oxygen atoms in total. The van der Waals surface area contributed by atoms with E-state index in [1.165, 1.54) is 6.92 Å². The Morgan fingerprint density at radius 1 is 1.19 bits per heavy atom. The molecular formula is C37H63N6O9P. The SMILES string of the molecule is C=CC[C@@]1(OC)C[C@@H](C)CN[C@H](C)[C@H]2N(CCCCN=[N+]=[N-])C(=O)O[C@]2(C)[C@@H](CC)OC(=O)[C@H](C)C(=O)[C@@H](C)[C@H]1O[C@@H]1OC(C)CC(N(C)C)C1P=O. The van der Waals surface area contributed by atoms with Gasteiger partial charge in [-0.1, -0.05) is 32.0 Å². The van der Waals surface area contributed by atoms with Crippen LogP contribution in [0.25, 0.3) is 10.4 Å². The van der Waals surface area contributed by atoms with E-state index in [0.717, 1.165) is 0 Å². The number of cyclic esters (lactones) is 1. The summed E-state index contributed by atoms with van der Waals surface area (Å²) < 4.78 is 44.5. The first kappa shape index (κ1) is 44.8. The maximum absolute atomic E-state index is 14.5. The van der Waals surface area contributed by atoms with E-state index in [1.54, 1.807) is 31.9 Å². The number of nitrogens with one attached hydrogen (secondary N) is 1. The van der Waals surface area contributed by atoms with Crippen molar-refractivity contribution in [1.82, 2.24) is 15.1 Å². The molecule has 0 radical (unpaired) electrons. The van der Waals surface area contributed by atoms with Crippen molar-refractivity contribution in [3.05, 3.63) is 23.1 Å². The van der Waals surface area contributed by atoms with Crippen LogP contribution in [-0.4, -0.2) is 128 Å². The monoisotopic (exact) mass is 766 g/mol. The predicted octanol–water partition coefficient (Wildman–Crippen LogP) is 5.91. The number of carbonyl (C=O) groups is 3. The van der Waals surface area contributed by atoms with Gasteiger partial charge in [0.05, 0.1) is 23.9 Å². The van der Waals surface area contributed by atoms with Crippen molar-refractivity contribution < 1.29 is 42.6 Å². The topological polar surface area (TPSA) is 182 Å². The summed E-state index contributed by atoms with van der Waals surface area (Å²) in [4.78, 5) is 48.4. The molecular weight excluding hydrogens is 703 g/mol. The van der Waals surface area contributed by atoms with Gasteiger partial charge in [-0.25, -0.2) is 4.79 Å². The molecule has 0 aromatic rings. The Kier molecular flexibility index (Phi) is 16.7. The minimum atomic E-state index is -1.24. The van der Waals surface area contributed by atoms with Crippen molar-refractivity contribution >= 4 is 26.3 Å². The average molecular weight is 767 g/mol. The van der Waals surface area contributed by atoms with Crippen LogP contribution in [0.4, 0.5) is 4.79 Å². The van der Waals surface area contributed by atoms with Gasteiger partial charge in [-0.3, -0.25) is 19.1 Å². The summed E-state index contributed by atoms with van der Waals surface area (Å²) in [6.45, 7) is 18.1. The number of unbranched alkanes of at least 4 members (excludes halogenated alkanes) is 1. The van der Waals surface area contributed by atoms with Crippen molar-refractivity contribution in [3.63, 3.8) is 0 Å². The van der Waals surface area contributed by atoms with E-state index in [-0.39, 0.29) is 32.6 Å². The highest BCUT2D eigenvalue weighted by Crippen LogP contribution is 2.42. The second kappa shape index (κ2) is 19.8. The van der Waals surface area contributed by atoms with Crippen LogP contribution < -0.4 is 5.32 Å². The van der Waals surface area contributed by atoms with Crippen LogP contribution in [0.5, 0.6) is 0 Å². The summed E-state index contributed by atoms with van der Waals surface area (Å²) in [6, 6.07) is -0.969. The highest BCUT2D eigenvalue weighted by atomic mass is 31.1. The van der Waals surface area contributed by atoms with Gasteiger partial charge in [0.15, 0.2) is 26.1 Å². The molecule has 3 aliphatic heterocycles. The Hall–Kier alpha value is -2.64. The van der Waals surface area contributed by atoms with Crippen LogP contribution in [0.15, 0.2) is 17.8 Å². The zero-order valence-corrected chi connectivity index (χ0v) is 34.3. The second-order valence-corrected chi connectivity index (χ2v) is 16.4. The molecule has 0 aromatic heterocycles. The van der Waals surface area contributed by atoms with E-state index in [0.29, 0.717) is 58.2 Å². The first-order chi connectivity index (χ1) is 25.0. The lowest BCUT2D eigenvalue weighted by atomic mass is 9.75. The van der Waals surface area contributed by atoms with Crippen molar-refractivity contribution in [2.75, 3.05) is 40.8 Å². The number of carbonyl (C=O) groups excluding carboxylic acids is 3. The number of amides is 1. The number of ether oxygens (including phenoxy) is 5. The normalized spacial score (nSPS) is 39.0. The minimum absolute atomic E-state index is 0.0520. The van der Waals surface area contributed by atoms with Crippen molar-refractivity contribution in [1.29, 1.82) is 0 Å². The molecule has 3 rings (SSSR count). The van der Waals surface area contributed by atoms with Gasteiger partial charge in [-0.2, -0.15) is 0 Å². The van der Waals surface area contributed by atoms with E-state index in [4.69, 9.17) is 29.2 Å². The summed E-state index contributed by atoms with van der Waals surface area (Å²) in [7, 11) is 5.29. The summed E-state index contributed by atoms with van der Waals surface area (Å²) in [5.74, 6) is -3.29. The molecule has 3 unspecified atom stereocenters. The lowest BCUT2D eigenvalue weighted by molar-refractivity contribution is -0.262. The maximum atomic E-state index is 14.5. The van der Waals surface area contributed by atoms with Crippen molar-refractivity contribution in [2.24, 2.45) is 22.9 Å². The Morgan fingerprint density at radius 3 is 2.47 bits per heavy atom. The fraction of sp³-hybridized carbons (Fsp3) is 0.865. The maximum Gasteiger partial charge on any atom is 0.410 e. The van der Waals surface area contributed by atoms with Crippen LogP contribution in [0.3, 0.4) is 0 Å². The summed E-state index contributed by atoms with van der Waals surface area (Å²) in [5, 5.41) is 7.25. The van der Waals surface area contributed by atoms with Gasteiger partial charge in [0, 0.05) is 43.1 Å². The zero-order chi connectivity index (χ0) is 39.7. The molecule has 300 valence electrons. The number of fused-ring (bicyclic) bond motifs is 1. The minimum Gasteiger partial charge on any atom is -0.458 e. The van der Waals surface area contributed by atoms with E-state index in [9.17, 15) is 18.9 Å². The molecule has 16 heteroatoms. The van der Waals surface area contributed by atoms with Crippen LogP contribution in [0, 0.1) is 17.8 Å². The summed E-state index contributed by atoms with van der Waals surface area (Å²) in [6.07, 6.45) is 1.16. The third-order valence-electron chi connectivity index (χ3n) is 11.4. The van der Waals surface area contributed by atoms with Crippen molar-refractivity contribution in [2.45, 2.75) is 147 Å². The van der Waals surface area contributed by atoms with Crippen LogP contribution in [0.1, 0.15) is 87.0 Å². The van der Waals surface area contributed by atoms with Gasteiger partial charge in [0.1, 0.15) is 17.7 Å². The number of azide groups is 1. The molecule has 53 heavy (non-hydrogen) atoms. The Balaban J connectivity index is 2.11. The fourth-order valence-electron chi connectivity index (χ4n) is 8.62. The van der Waals surface area contributed by atoms with Crippen LogP contribution >= 0.6 is 8.46 Å². The van der Waals surface area contributed by atoms with E-state index in [1.807, 2.05) is 39.8 Å². The van der Waals surface area contributed by atoms with Gasteiger partial charge in [-0.15, -0.1) is 6.58 Å². The number of ketones is 1. The summed E-state index contributed by atoms with van der Waals surface area (Å²) >= 11 is 0. The second-order valence-electron chi connectivity index (χ2n) is 15.6. The number of hydrogen-bond donors (Lipinski definition) is 1. The number of methoxy groups -OCH3 is 1. The van der Waals surface area contributed by atoms with Crippen LogP contribution in [-0.2, 0) is 37.8 Å². The van der Waals surface area contributed by atoms with Gasteiger partial charge in [-0.05, 0) is 98.3 Å². The average Bonchev–Trinajstić information content (AvgIpc) is 3.38. The number of Topliss-reactive ketones (excluding diaryl/α,β-unsaturated/α-hetero) is 1. The molecule has 3 saturated heterocycles. The predicted molar refractivity (Wildman–Crippen MR) is 201 cm³/mol. The van der Waals surface area contributed by atoms with E-state index in [2.05, 4.69) is 28.8 Å². The number of nitrogens with zero attached hydrogens (tertiary/aromatic N) is 5. The lowest BCUT2D eigenvalue weighted by Gasteiger charge is -2.47. The quantitative estimate of drug-likeness (QED) is 0.0344. The molecule has 0 spiro atoms.